The monoisotopic (exact) mass is 900 g/mol. The fourth-order valence-corrected chi connectivity index (χ4v) is 7.64. The maximum absolute atomic E-state index is 5.85. The zero-order chi connectivity index (χ0) is 41.7. The number of fused-ring (bicyclic) bond motifs is 2. The molecule has 0 aliphatic heterocycles. The molecule has 8 rings (SSSR count). The fraction of sp³-hybridized carbons (Fsp3) is 0.269. The van der Waals surface area contributed by atoms with Crippen molar-refractivity contribution in [2.45, 2.75) is 94.2 Å². The van der Waals surface area contributed by atoms with Crippen molar-refractivity contribution >= 4 is 44.0 Å². The molecule has 0 spiro atoms. The van der Waals surface area contributed by atoms with E-state index in [4.69, 9.17) is 25.9 Å². The van der Waals surface area contributed by atoms with Gasteiger partial charge in [0.05, 0.1) is 23.0 Å². The Hall–Kier alpha value is -3.66. The van der Waals surface area contributed by atoms with Crippen molar-refractivity contribution in [2.75, 3.05) is 0 Å². The summed E-state index contributed by atoms with van der Waals surface area (Å²) in [6.45, 7) is 21.6. The summed E-state index contributed by atoms with van der Waals surface area (Å²) in [6, 6.07) is 40.2. The first-order valence-corrected chi connectivity index (χ1v) is 33.1. The molecule has 0 N–H and O–H groups in total. The van der Waals surface area contributed by atoms with E-state index in [9.17, 15) is 0 Å². The molecule has 6 heteroatoms. The van der Waals surface area contributed by atoms with Crippen LogP contribution in [0.15, 0.2) is 118 Å². The molecule has 2 aromatic heterocycles. The Kier molecular flexibility index (Phi) is 14.8. The van der Waals surface area contributed by atoms with Gasteiger partial charge in [0.2, 0.25) is 0 Å². The minimum absolute atomic E-state index is 0.224. The molecule has 0 fully saturated rings. The quantitative estimate of drug-likeness (QED) is 0.112. The van der Waals surface area contributed by atoms with Crippen molar-refractivity contribution in [3.05, 3.63) is 154 Å². The topological polar surface area (TPSA) is 26.3 Å². The SMILES string of the molecule is CCc1cc(CC)cc(-c2c(C)ccc3[cH-]c(-c4ccc(C)o4)cc23)c1.CCc1cc(CC)cc(-c2c(C)ccc3[cH-]c(-c4ccc(C)o4)cc23)c1.C[Si](C)=[Zr]([Cl])[Cl]. The van der Waals surface area contributed by atoms with Crippen molar-refractivity contribution in [3.63, 3.8) is 0 Å². The maximum atomic E-state index is 5.85. The van der Waals surface area contributed by atoms with Gasteiger partial charge in [-0.1, -0.05) is 98.5 Å². The number of hydrogen-bond acceptors (Lipinski definition) is 2. The van der Waals surface area contributed by atoms with Gasteiger partial charge in [-0.05, 0) is 122 Å². The number of halogens is 2. The third-order valence-electron chi connectivity index (χ3n) is 10.9. The zero-order valence-corrected chi connectivity index (χ0v) is 40.8. The molecule has 0 unspecified atom stereocenters. The third kappa shape index (κ3) is 10.2. The predicted molar refractivity (Wildman–Crippen MR) is 251 cm³/mol. The molecule has 0 aliphatic rings. The van der Waals surface area contributed by atoms with Crippen molar-refractivity contribution < 1.29 is 26.8 Å². The van der Waals surface area contributed by atoms with E-state index in [2.05, 4.69) is 152 Å². The van der Waals surface area contributed by atoms with E-state index in [0.29, 0.717) is 0 Å². The number of rotatable bonds is 8. The van der Waals surface area contributed by atoms with Crippen LogP contribution in [0.2, 0.25) is 13.1 Å². The molecule has 0 radical (unpaired) electrons. The van der Waals surface area contributed by atoms with E-state index in [1.807, 2.05) is 26.0 Å². The van der Waals surface area contributed by atoms with Crippen LogP contribution in [0.4, 0.5) is 0 Å². The second-order valence-electron chi connectivity index (χ2n) is 15.6. The van der Waals surface area contributed by atoms with Crippen LogP contribution < -0.4 is 0 Å². The summed E-state index contributed by atoms with van der Waals surface area (Å²) < 4.78 is 11.7. The Morgan fingerprint density at radius 2 is 0.845 bits per heavy atom. The van der Waals surface area contributed by atoms with Crippen molar-refractivity contribution in [1.82, 2.24) is 0 Å². The summed E-state index contributed by atoms with van der Waals surface area (Å²) in [5.74, 6) is 3.78. The second-order valence-corrected chi connectivity index (χ2v) is 38.6. The van der Waals surface area contributed by atoms with Crippen molar-refractivity contribution in [1.29, 1.82) is 0 Å². The number of furan rings is 2. The van der Waals surface area contributed by atoms with Crippen molar-refractivity contribution in [3.8, 4) is 44.9 Å². The zero-order valence-electron chi connectivity index (χ0n) is 35.8. The number of aryl methyl sites for hydroxylation is 8. The molecule has 0 bridgehead atoms. The van der Waals surface area contributed by atoms with Gasteiger partial charge in [-0.2, -0.15) is 0 Å². The van der Waals surface area contributed by atoms with Crippen LogP contribution in [0, 0.1) is 27.7 Å². The van der Waals surface area contributed by atoms with Gasteiger partial charge in [0.1, 0.15) is 0 Å². The number of hydrogen-bond donors (Lipinski definition) is 0. The van der Waals surface area contributed by atoms with Gasteiger partial charge in [-0.15, -0.1) is 57.9 Å². The summed E-state index contributed by atoms with van der Waals surface area (Å²) in [5.41, 5.74) is 15.7. The summed E-state index contributed by atoms with van der Waals surface area (Å²) in [4.78, 5) is 0. The molecule has 58 heavy (non-hydrogen) atoms. The predicted octanol–water partition coefficient (Wildman–Crippen LogP) is 16.6. The van der Waals surface area contributed by atoms with E-state index in [-0.39, 0.29) is 5.43 Å². The molecule has 300 valence electrons. The molecule has 2 heterocycles. The third-order valence-corrected chi connectivity index (χ3v) is 30.7. The van der Waals surface area contributed by atoms with E-state index in [0.717, 1.165) is 59.9 Å². The van der Waals surface area contributed by atoms with Gasteiger partial charge in [-0.25, -0.2) is 0 Å². The molecule has 0 saturated heterocycles. The molecule has 0 aliphatic carbocycles. The molecule has 6 aromatic carbocycles. The average Bonchev–Trinajstić information content (AvgIpc) is 4.04. The molecule has 2 nitrogen and oxygen atoms in total. The Morgan fingerprint density at radius 1 is 0.500 bits per heavy atom. The van der Waals surface area contributed by atoms with Gasteiger partial charge in [0.25, 0.3) is 0 Å². The Morgan fingerprint density at radius 3 is 1.12 bits per heavy atom. The summed E-state index contributed by atoms with van der Waals surface area (Å²) >= 11 is -1.65. The van der Waals surface area contributed by atoms with E-state index in [1.54, 1.807) is 0 Å². The molecular formula is C52H56Cl2O2SiZr-2. The first kappa shape index (κ1) is 43.9. The Labute approximate surface area is 361 Å². The first-order chi connectivity index (χ1) is 27.8. The summed E-state index contributed by atoms with van der Waals surface area (Å²) in [7, 11) is 11.2. The average molecular weight is 903 g/mol. The molecular weight excluding hydrogens is 847 g/mol. The van der Waals surface area contributed by atoms with Crippen LogP contribution in [0.3, 0.4) is 0 Å². The van der Waals surface area contributed by atoms with Crippen LogP contribution >= 0.6 is 17.0 Å². The van der Waals surface area contributed by atoms with Gasteiger partial charge in [0.15, 0.2) is 0 Å². The molecule has 0 amide bonds. The standard InChI is InChI=1S/2C25H25O.C2H6Si.2ClH.Zr/c2*1-5-18-11-19(6-2)13-22(12-18)25-16(3)7-9-20-14-21(15-23(20)25)24-10-8-17(4)26-24;1-3-2;;;/h2*7-15H,5-6H2,1-4H3;1-2H3;2*1H;/q2*-1;;;;+2/p-2. The molecule has 8 aromatic rings. The van der Waals surface area contributed by atoms with E-state index < -0.39 is 18.0 Å². The molecule has 0 atom stereocenters. The van der Waals surface area contributed by atoms with Crippen LogP contribution in [0.1, 0.15) is 72.6 Å². The van der Waals surface area contributed by atoms with Gasteiger partial charge >= 0.3 is 53.5 Å². The van der Waals surface area contributed by atoms with Crippen molar-refractivity contribution in [2.24, 2.45) is 0 Å². The Balaban J connectivity index is 0.000000172. The summed E-state index contributed by atoms with van der Waals surface area (Å²) in [5, 5.41) is 5.16. The van der Waals surface area contributed by atoms with Crippen LogP contribution in [0.5, 0.6) is 0 Å². The van der Waals surface area contributed by atoms with Gasteiger partial charge in [-0.3, -0.25) is 0 Å². The summed E-state index contributed by atoms with van der Waals surface area (Å²) in [6.07, 6.45) is 4.25. The van der Waals surface area contributed by atoms with Gasteiger partial charge in [0, 0.05) is 0 Å². The number of benzene rings is 4. The van der Waals surface area contributed by atoms with E-state index >= 15 is 0 Å². The fourth-order valence-electron chi connectivity index (χ4n) is 7.64. The van der Waals surface area contributed by atoms with Crippen LogP contribution in [-0.4, -0.2) is 5.43 Å². The molecule has 0 saturated carbocycles. The Bertz CT molecular complexity index is 2480. The van der Waals surface area contributed by atoms with Crippen LogP contribution in [-0.2, 0) is 43.7 Å². The van der Waals surface area contributed by atoms with E-state index in [1.165, 1.54) is 77.2 Å². The van der Waals surface area contributed by atoms with Gasteiger partial charge < -0.3 is 8.83 Å². The van der Waals surface area contributed by atoms with Crippen LogP contribution in [0.25, 0.3) is 66.4 Å². The normalized spacial score (nSPS) is 11.0. The minimum atomic E-state index is -1.65. The second kappa shape index (κ2) is 19.6. The first-order valence-electron chi connectivity index (χ1n) is 20.6.